The Labute approximate surface area is 76.7 Å². The van der Waals surface area contributed by atoms with Crippen molar-refractivity contribution in [1.29, 1.82) is 0 Å². The van der Waals surface area contributed by atoms with Crippen molar-refractivity contribution in [3.8, 4) is 0 Å². The van der Waals surface area contributed by atoms with E-state index in [-0.39, 0.29) is 6.61 Å². The summed E-state index contributed by atoms with van der Waals surface area (Å²) in [6.07, 6.45) is -0.545. The number of alkyl carbamates (subject to hydrolysis) is 1. The van der Waals surface area contributed by atoms with Crippen LogP contribution in [-0.4, -0.2) is 6.09 Å². The maximum absolute atomic E-state index is 10.6. The summed E-state index contributed by atoms with van der Waals surface area (Å²) in [4.78, 5) is 10.6. The normalized spacial score (nSPS) is 9.31. The zero-order chi connectivity index (χ0) is 9.68. The summed E-state index contributed by atoms with van der Waals surface area (Å²) in [5.41, 5.74) is 7.05. The highest BCUT2D eigenvalue weighted by Crippen LogP contribution is 2.06. The first kappa shape index (κ1) is 9.38. The van der Waals surface area contributed by atoms with Crippen LogP contribution in [-0.2, 0) is 11.3 Å². The Morgan fingerprint density at radius 2 is 2.08 bits per heavy atom. The van der Waals surface area contributed by atoms with Crippen LogP contribution in [0.3, 0.4) is 0 Å². The zero-order valence-electron chi connectivity index (χ0n) is 7.12. The van der Waals surface area contributed by atoms with Crippen LogP contribution < -0.4 is 11.1 Å². The number of ether oxygens (including phenoxy) is 1. The first-order chi connectivity index (χ1) is 6.22. The van der Waals surface area contributed by atoms with Crippen molar-refractivity contribution in [2.75, 3.05) is 5.73 Å². The Kier molecular flexibility index (Phi) is 3.14. The molecule has 0 aliphatic carbocycles. The van der Waals surface area contributed by atoms with E-state index >= 15 is 0 Å². The third kappa shape index (κ3) is 3.02. The highest BCUT2D eigenvalue weighted by atomic mass is 16.5. The summed E-state index contributed by atoms with van der Waals surface area (Å²) in [5, 5.41) is 2.11. The van der Waals surface area contributed by atoms with E-state index in [1.54, 1.807) is 24.3 Å². The predicted octanol–water partition coefficient (Wildman–Crippen LogP) is 1.29. The molecule has 0 saturated carbocycles. The number of nitrogens with one attached hydrogen (secondary N) is 1. The summed E-state index contributed by atoms with van der Waals surface area (Å²) in [5.74, 6) is 0. The molecule has 0 fully saturated rings. The molecule has 0 unspecified atom stereocenters. The lowest BCUT2D eigenvalue weighted by atomic mass is 10.2. The monoisotopic (exact) mass is 179 g/mol. The van der Waals surface area contributed by atoms with Crippen LogP contribution >= 0.6 is 0 Å². The molecular formula is C9H11N2O2. The van der Waals surface area contributed by atoms with Gasteiger partial charge in [0.25, 0.3) is 0 Å². The first-order valence-electron chi connectivity index (χ1n) is 3.76. The van der Waals surface area contributed by atoms with Gasteiger partial charge < -0.3 is 15.8 Å². The molecule has 1 aromatic rings. The van der Waals surface area contributed by atoms with Crippen molar-refractivity contribution < 1.29 is 9.53 Å². The molecule has 1 radical (unpaired) electrons. The molecule has 3 N–H and O–H groups in total. The number of nitrogen functional groups attached to an aromatic ring is 1. The fourth-order valence-corrected chi connectivity index (χ4v) is 0.814. The number of amides is 1. The molecule has 0 aromatic heterocycles. The van der Waals surface area contributed by atoms with Gasteiger partial charge in [0.1, 0.15) is 6.61 Å². The van der Waals surface area contributed by atoms with Gasteiger partial charge in [0.05, 0.1) is 0 Å². The molecule has 0 heterocycles. The Bertz CT molecular complexity index is 282. The molecular weight excluding hydrogens is 168 g/mol. The maximum Gasteiger partial charge on any atom is 0.407 e. The van der Waals surface area contributed by atoms with E-state index in [9.17, 15) is 4.79 Å². The fourth-order valence-electron chi connectivity index (χ4n) is 0.814. The second-order valence-corrected chi connectivity index (χ2v) is 2.49. The van der Waals surface area contributed by atoms with Gasteiger partial charge >= 0.3 is 6.09 Å². The number of carbonyl (C=O) groups excluding carboxylic acids is 1. The molecule has 0 atom stereocenters. The molecule has 4 nitrogen and oxygen atoms in total. The minimum atomic E-state index is -0.545. The Balaban J connectivity index is 2.46. The van der Waals surface area contributed by atoms with Gasteiger partial charge in [0.15, 0.2) is 0 Å². The second kappa shape index (κ2) is 4.35. The van der Waals surface area contributed by atoms with E-state index in [0.29, 0.717) is 5.69 Å². The summed E-state index contributed by atoms with van der Waals surface area (Å²) in [6.45, 7) is 0.224. The first-order valence-corrected chi connectivity index (χ1v) is 3.76. The maximum atomic E-state index is 10.6. The number of rotatable bonds is 2. The quantitative estimate of drug-likeness (QED) is 0.672. The molecule has 0 aliphatic rings. The van der Waals surface area contributed by atoms with Crippen molar-refractivity contribution in [2.24, 2.45) is 0 Å². The van der Waals surface area contributed by atoms with Gasteiger partial charge in [-0.2, -0.15) is 0 Å². The van der Waals surface area contributed by atoms with Crippen LogP contribution in [0.2, 0.25) is 0 Å². The Hall–Kier alpha value is -1.71. The van der Waals surface area contributed by atoms with Crippen LogP contribution in [0.25, 0.3) is 0 Å². The van der Waals surface area contributed by atoms with Gasteiger partial charge in [-0.3, -0.25) is 0 Å². The molecule has 1 amide bonds. The van der Waals surface area contributed by atoms with Crippen molar-refractivity contribution in [3.63, 3.8) is 0 Å². The van der Waals surface area contributed by atoms with Crippen molar-refractivity contribution in [1.82, 2.24) is 5.32 Å². The molecule has 0 bridgehead atoms. The fraction of sp³-hybridized carbons (Fsp3) is 0.111. The lowest BCUT2D eigenvalue weighted by Crippen LogP contribution is -2.16. The average molecular weight is 179 g/mol. The summed E-state index contributed by atoms with van der Waals surface area (Å²) < 4.78 is 4.76. The standard InChI is InChI=1S/C9H11N2O2/c1-11-9(12)13-6-7-2-4-8(10)5-3-7/h2-5H,1,6,10H2,(H,11,12). The third-order valence-corrected chi connectivity index (χ3v) is 1.49. The highest BCUT2D eigenvalue weighted by molar-refractivity contribution is 5.67. The van der Waals surface area contributed by atoms with Crippen molar-refractivity contribution in [3.05, 3.63) is 36.9 Å². The van der Waals surface area contributed by atoms with Gasteiger partial charge in [-0.05, 0) is 17.7 Å². The Morgan fingerprint density at radius 1 is 1.46 bits per heavy atom. The van der Waals surface area contributed by atoms with Crippen molar-refractivity contribution >= 4 is 11.8 Å². The van der Waals surface area contributed by atoms with Gasteiger partial charge in [0, 0.05) is 12.7 Å². The van der Waals surface area contributed by atoms with Crippen LogP contribution in [0, 0.1) is 7.05 Å². The second-order valence-electron chi connectivity index (χ2n) is 2.49. The average Bonchev–Trinajstić information content (AvgIpc) is 2.16. The number of nitrogens with two attached hydrogens (primary N) is 1. The molecule has 4 heteroatoms. The lowest BCUT2D eigenvalue weighted by molar-refractivity contribution is 0.143. The summed E-state index contributed by atoms with van der Waals surface area (Å²) in [6, 6.07) is 7.10. The SMILES string of the molecule is [CH2]NC(=O)OCc1ccc(N)cc1. The molecule has 69 valence electrons. The molecule has 13 heavy (non-hydrogen) atoms. The number of anilines is 1. The summed E-state index contributed by atoms with van der Waals surface area (Å²) >= 11 is 0. The number of benzene rings is 1. The van der Waals surface area contributed by atoms with Crippen molar-refractivity contribution in [2.45, 2.75) is 6.61 Å². The molecule has 0 saturated heterocycles. The Morgan fingerprint density at radius 3 is 2.62 bits per heavy atom. The van der Waals surface area contributed by atoms with E-state index in [4.69, 9.17) is 10.5 Å². The van der Waals surface area contributed by atoms with Crippen LogP contribution in [0.1, 0.15) is 5.56 Å². The topological polar surface area (TPSA) is 64.3 Å². The van der Waals surface area contributed by atoms with Gasteiger partial charge in [-0.15, -0.1) is 0 Å². The van der Waals surface area contributed by atoms with Gasteiger partial charge in [-0.25, -0.2) is 4.79 Å². The van der Waals surface area contributed by atoms with Gasteiger partial charge in [0.2, 0.25) is 0 Å². The molecule has 0 spiro atoms. The largest absolute Gasteiger partial charge is 0.445 e. The minimum absolute atomic E-state index is 0.224. The molecule has 1 aromatic carbocycles. The number of hydrogen-bond donors (Lipinski definition) is 2. The van der Waals surface area contributed by atoms with E-state index in [1.807, 2.05) is 0 Å². The minimum Gasteiger partial charge on any atom is -0.445 e. The number of hydrogen-bond acceptors (Lipinski definition) is 3. The third-order valence-electron chi connectivity index (χ3n) is 1.49. The molecule has 1 rings (SSSR count). The van der Waals surface area contributed by atoms with Gasteiger partial charge in [-0.1, -0.05) is 12.1 Å². The smallest absolute Gasteiger partial charge is 0.407 e. The van der Waals surface area contributed by atoms with Crippen LogP contribution in [0.5, 0.6) is 0 Å². The summed E-state index contributed by atoms with van der Waals surface area (Å²) in [7, 11) is 3.17. The zero-order valence-corrected chi connectivity index (χ0v) is 7.12. The number of carbonyl (C=O) groups is 1. The van der Waals surface area contributed by atoms with E-state index in [1.165, 1.54) is 0 Å². The van der Waals surface area contributed by atoms with E-state index in [0.717, 1.165) is 5.56 Å². The predicted molar refractivity (Wildman–Crippen MR) is 49.5 cm³/mol. The molecule has 0 aliphatic heterocycles. The van der Waals surface area contributed by atoms with E-state index in [2.05, 4.69) is 12.4 Å². The van der Waals surface area contributed by atoms with Crippen LogP contribution in [0.15, 0.2) is 24.3 Å². The van der Waals surface area contributed by atoms with Crippen LogP contribution in [0.4, 0.5) is 10.5 Å². The lowest BCUT2D eigenvalue weighted by Gasteiger charge is -2.03. The van der Waals surface area contributed by atoms with E-state index < -0.39 is 6.09 Å². The highest BCUT2D eigenvalue weighted by Gasteiger charge is 1.98.